The van der Waals surface area contributed by atoms with Gasteiger partial charge in [-0.05, 0) is 37.9 Å². The lowest BCUT2D eigenvalue weighted by atomic mass is 9.90. The second kappa shape index (κ2) is 5.10. The third-order valence-corrected chi connectivity index (χ3v) is 7.48. The Morgan fingerprint density at radius 2 is 2.00 bits per heavy atom. The molecular formula is C15H21NS2. The minimum absolute atomic E-state index is 0.420. The van der Waals surface area contributed by atoms with E-state index in [1.165, 1.54) is 30.9 Å². The Bertz CT molecular complexity index is 426. The van der Waals surface area contributed by atoms with Gasteiger partial charge in [-0.2, -0.15) is 0 Å². The Labute approximate surface area is 119 Å². The summed E-state index contributed by atoms with van der Waals surface area (Å²) in [4.78, 5) is 2.55. The first-order chi connectivity index (χ1) is 8.68. The maximum absolute atomic E-state index is 2.55. The van der Waals surface area contributed by atoms with Crippen molar-refractivity contribution in [1.82, 2.24) is 4.90 Å². The summed E-state index contributed by atoms with van der Waals surface area (Å²) in [5.74, 6) is 2.64. The van der Waals surface area contributed by atoms with Crippen molar-refractivity contribution in [2.45, 2.75) is 29.9 Å². The predicted octanol–water partition coefficient (Wildman–Crippen LogP) is 3.80. The van der Waals surface area contributed by atoms with Crippen molar-refractivity contribution < 1.29 is 0 Å². The fourth-order valence-corrected chi connectivity index (χ4v) is 5.98. The molecule has 18 heavy (non-hydrogen) atoms. The van der Waals surface area contributed by atoms with Crippen molar-refractivity contribution in [1.29, 1.82) is 0 Å². The Hall–Kier alpha value is -0.120. The molecule has 2 aliphatic heterocycles. The van der Waals surface area contributed by atoms with E-state index in [-0.39, 0.29) is 0 Å². The highest BCUT2D eigenvalue weighted by Gasteiger charge is 2.36. The topological polar surface area (TPSA) is 3.24 Å². The molecule has 1 nitrogen and oxygen atoms in total. The molecule has 1 atom stereocenters. The number of thioether (sulfide) groups is 2. The highest BCUT2D eigenvalue weighted by molar-refractivity contribution is 8.21. The van der Waals surface area contributed by atoms with E-state index in [0.29, 0.717) is 10.1 Å². The Morgan fingerprint density at radius 1 is 1.28 bits per heavy atom. The van der Waals surface area contributed by atoms with Gasteiger partial charge in [0.25, 0.3) is 0 Å². The largest absolute Gasteiger partial charge is 0.299 e. The first-order valence-corrected chi connectivity index (χ1v) is 8.71. The molecule has 0 spiro atoms. The first-order valence-electron chi connectivity index (χ1n) is 6.74. The summed E-state index contributed by atoms with van der Waals surface area (Å²) in [6, 6.07) is 9.64. The summed E-state index contributed by atoms with van der Waals surface area (Å²) < 4.78 is 0.420. The zero-order chi connectivity index (χ0) is 12.6. The summed E-state index contributed by atoms with van der Waals surface area (Å²) in [6.07, 6.45) is 2.48. The lowest BCUT2D eigenvalue weighted by Crippen LogP contribution is -2.35. The van der Waals surface area contributed by atoms with E-state index in [1.54, 1.807) is 11.1 Å². The van der Waals surface area contributed by atoms with Gasteiger partial charge in [0.1, 0.15) is 0 Å². The maximum Gasteiger partial charge on any atom is 0.0601 e. The molecule has 0 aliphatic carbocycles. The number of fused-ring (bicyclic) bond motifs is 1. The predicted molar refractivity (Wildman–Crippen MR) is 83.5 cm³/mol. The van der Waals surface area contributed by atoms with E-state index in [0.717, 1.165) is 0 Å². The second-order valence-electron chi connectivity index (χ2n) is 5.48. The van der Waals surface area contributed by atoms with Gasteiger partial charge >= 0.3 is 0 Å². The van der Waals surface area contributed by atoms with E-state index in [2.05, 4.69) is 66.7 Å². The van der Waals surface area contributed by atoms with Gasteiger partial charge in [0, 0.05) is 24.1 Å². The zero-order valence-corrected chi connectivity index (χ0v) is 12.8. The van der Waals surface area contributed by atoms with Crippen LogP contribution < -0.4 is 0 Å². The van der Waals surface area contributed by atoms with Crippen LogP contribution in [0.4, 0.5) is 0 Å². The van der Waals surface area contributed by atoms with Crippen molar-refractivity contribution in [2.24, 2.45) is 0 Å². The molecule has 1 aromatic carbocycles. The van der Waals surface area contributed by atoms with Gasteiger partial charge in [-0.15, -0.1) is 23.5 Å². The second-order valence-corrected chi connectivity index (χ2v) is 8.93. The zero-order valence-electron chi connectivity index (χ0n) is 11.2. The number of hydrogen-bond acceptors (Lipinski definition) is 3. The van der Waals surface area contributed by atoms with Crippen LogP contribution in [0.1, 0.15) is 30.5 Å². The van der Waals surface area contributed by atoms with Crippen molar-refractivity contribution in [3.63, 3.8) is 0 Å². The van der Waals surface area contributed by atoms with Gasteiger partial charge in [-0.25, -0.2) is 0 Å². The third kappa shape index (κ3) is 2.45. The molecule has 0 N–H and O–H groups in total. The molecule has 0 saturated carbocycles. The smallest absolute Gasteiger partial charge is 0.0601 e. The summed E-state index contributed by atoms with van der Waals surface area (Å²) in [6.45, 7) is 3.63. The van der Waals surface area contributed by atoms with Gasteiger partial charge in [0.2, 0.25) is 0 Å². The molecule has 3 heteroatoms. The fourth-order valence-electron chi connectivity index (χ4n) is 3.07. The molecule has 3 rings (SSSR count). The molecule has 1 saturated heterocycles. The number of benzene rings is 1. The molecule has 98 valence electrons. The average molecular weight is 279 g/mol. The van der Waals surface area contributed by atoms with Crippen molar-refractivity contribution in [2.75, 3.05) is 25.1 Å². The van der Waals surface area contributed by atoms with Crippen LogP contribution in [0.2, 0.25) is 0 Å². The van der Waals surface area contributed by atoms with Crippen LogP contribution in [0.3, 0.4) is 0 Å². The van der Waals surface area contributed by atoms with Crippen LogP contribution in [0.5, 0.6) is 0 Å². The number of rotatable bonds is 2. The van der Waals surface area contributed by atoms with E-state index in [1.807, 2.05) is 0 Å². The summed E-state index contributed by atoms with van der Waals surface area (Å²) >= 11 is 4.30. The van der Waals surface area contributed by atoms with Crippen LogP contribution in [0, 0.1) is 0 Å². The summed E-state index contributed by atoms with van der Waals surface area (Å²) in [5, 5.41) is 0. The van der Waals surface area contributed by atoms with Crippen LogP contribution >= 0.6 is 23.5 Å². The molecular weight excluding hydrogens is 258 g/mol. The molecule has 0 amide bonds. The van der Waals surface area contributed by atoms with E-state index >= 15 is 0 Å². The number of nitrogens with zero attached hydrogens (tertiary/aromatic N) is 1. The molecule has 2 aliphatic rings. The molecule has 0 radical (unpaired) electrons. The fraction of sp³-hybridized carbons (Fsp3) is 0.600. The quantitative estimate of drug-likeness (QED) is 0.810. The number of hydrogen-bond donors (Lipinski definition) is 0. The Morgan fingerprint density at radius 3 is 2.78 bits per heavy atom. The van der Waals surface area contributed by atoms with Crippen LogP contribution in [0.25, 0.3) is 0 Å². The molecule has 1 fully saturated rings. The van der Waals surface area contributed by atoms with Gasteiger partial charge in [0.15, 0.2) is 0 Å². The minimum atomic E-state index is 0.420. The third-order valence-electron chi connectivity index (χ3n) is 4.14. The highest BCUT2D eigenvalue weighted by atomic mass is 32.2. The van der Waals surface area contributed by atoms with Crippen LogP contribution in [-0.4, -0.2) is 34.1 Å². The Balaban J connectivity index is 1.86. The molecule has 1 unspecified atom stereocenters. The van der Waals surface area contributed by atoms with E-state index < -0.39 is 0 Å². The van der Waals surface area contributed by atoms with Gasteiger partial charge < -0.3 is 0 Å². The Kier molecular flexibility index (Phi) is 3.65. The lowest BCUT2D eigenvalue weighted by molar-refractivity contribution is 0.217. The summed E-state index contributed by atoms with van der Waals surface area (Å²) in [5.41, 5.74) is 3.14. The number of likely N-dealkylation sites (N-methyl/N-ethyl adjacent to an activating group) is 1. The first kappa shape index (κ1) is 12.9. The molecule has 2 heterocycles. The summed E-state index contributed by atoms with van der Waals surface area (Å²) in [7, 11) is 2.29. The van der Waals surface area contributed by atoms with Gasteiger partial charge in [0.05, 0.1) is 4.08 Å². The van der Waals surface area contributed by atoms with E-state index in [9.17, 15) is 0 Å². The molecule has 0 aromatic heterocycles. The van der Waals surface area contributed by atoms with Crippen LogP contribution in [0.15, 0.2) is 24.3 Å². The van der Waals surface area contributed by atoms with Crippen LogP contribution in [-0.2, 0) is 6.42 Å². The average Bonchev–Trinajstić information content (AvgIpc) is 2.80. The van der Waals surface area contributed by atoms with Gasteiger partial charge in [-0.3, -0.25) is 4.90 Å². The maximum atomic E-state index is 2.55. The standard InChI is InChI=1S/C15H21NS2/c1-15(17-9-10-18-15)11-14-13-6-4-3-5-12(13)7-8-16(14)2/h3-6,14H,7-11H2,1-2H3. The van der Waals surface area contributed by atoms with Crippen molar-refractivity contribution >= 4 is 23.5 Å². The van der Waals surface area contributed by atoms with Crippen molar-refractivity contribution in [3.05, 3.63) is 35.4 Å². The normalized spacial score (nSPS) is 27.1. The molecule has 1 aromatic rings. The molecule has 0 bridgehead atoms. The minimum Gasteiger partial charge on any atom is -0.299 e. The SMILES string of the molecule is CN1CCc2ccccc2C1CC1(C)SCCS1. The monoisotopic (exact) mass is 279 g/mol. The van der Waals surface area contributed by atoms with Gasteiger partial charge in [-0.1, -0.05) is 24.3 Å². The van der Waals surface area contributed by atoms with E-state index in [4.69, 9.17) is 0 Å². The highest BCUT2D eigenvalue weighted by Crippen LogP contribution is 2.50. The lowest BCUT2D eigenvalue weighted by Gasteiger charge is -2.38. The van der Waals surface area contributed by atoms with Crippen molar-refractivity contribution in [3.8, 4) is 0 Å².